The smallest absolute Gasteiger partial charge is 0.301 e. The van der Waals surface area contributed by atoms with E-state index in [1.807, 2.05) is 36.0 Å². The zero-order valence-corrected chi connectivity index (χ0v) is 34.6. The number of piperazine rings is 1. The van der Waals surface area contributed by atoms with Gasteiger partial charge in [0.05, 0.1) is 46.3 Å². The molecule has 3 N–H and O–H groups in total. The van der Waals surface area contributed by atoms with Crippen LogP contribution < -0.4 is 36.0 Å². The summed E-state index contributed by atoms with van der Waals surface area (Å²) in [6, 6.07) is 10.5. The van der Waals surface area contributed by atoms with Crippen molar-refractivity contribution in [2.24, 2.45) is 37.8 Å². The summed E-state index contributed by atoms with van der Waals surface area (Å²) in [5.41, 5.74) is 3.87. The van der Waals surface area contributed by atoms with Gasteiger partial charge in [-0.2, -0.15) is 10.1 Å². The van der Waals surface area contributed by atoms with Gasteiger partial charge in [-0.15, -0.1) is 0 Å². The van der Waals surface area contributed by atoms with E-state index in [1.54, 1.807) is 19.3 Å². The molecule has 4 aliphatic heterocycles. The molecule has 0 radical (unpaired) electrons. The number of hydrogen-bond acceptors (Lipinski definition) is 12. The Kier molecular flexibility index (Phi) is 8.97. The van der Waals surface area contributed by atoms with E-state index in [-0.39, 0.29) is 29.2 Å². The minimum Gasteiger partial charge on any atom is -0.480 e. The molecule has 6 aliphatic rings. The number of carbonyl (C=O) groups is 2. The second-order valence-electron chi connectivity index (χ2n) is 17.7. The fraction of sp³-hybridized carbons (Fsp3) is 0.488. The van der Waals surface area contributed by atoms with Crippen LogP contribution >= 0.6 is 11.6 Å². The van der Waals surface area contributed by atoms with Crippen molar-refractivity contribution in [1.82, 2.24) is 34.5 Å². The van der Waals surface area contributed by atoms with Crippen molar-refractivity contribution in [3.8, 4) is 5.75 Å². The van der Waals surface area contributed by atoms with Gasteiger partial charge in [-0.1, -0.05) is 23.7 Å². The first-order valence-corrected chi connectivity index (χ1v) is 21.5. The highest BCUT2D eigenvalue weighted by Gasteiger charge is 2.56. The summed E-state index contributed by atoms with van der Waals surface area (Å²) in [4.78, 5) is 54.4. The van der Waals surface area contributed by atoms with Crippen molar-refractivity contribution in [2.75, 3.05) is 72.9 Å². The number of anilines is 5. The Morgan fingerprint density at radius 1 is 0.984 bits per heavy atom. The molecule has 11 rings (SSSR count). The molecule has 61 heavy (non-hydrogen) atoms. The lowest BCUT2D eigenvalue weighted by molar-refractivity contribution is -0.134. The predicted octanol–water partition coefficient (Wildman–Crippen LogP) is 4.86. The second-order valence-corrected chi connectivity index (χ2v) is 18.1. The third-order valence-electron chi connectivity index (χ3n) is 13.9. The maximum atomic E-state index is 15.2. The molecule has 0 spiro atoms. The van der Waals surface area contributed by atoms with Gasteiger partial charge in [-0.05, 0) is 67.2 Å². The first-order valence-electron chi connectivity index (χ1n) is 21.2. The van der Waals surface area contributed by atoms with Crippen LogP contribution in [0.2, 0.25) is 5.02 Å². The molecule has 0 bridgehead atoms. The monoisotopic (exact) mass is 853 g/mol. The Morgan fingerprint density at radius 3 is 2.52 bits per heavy atom. The lowest BCUT2D eigenvalue weighted by Crippen LogP contribution is -2.47. The summed E-state index contributed by atoms with van der Waals surface area (Å²) >= 11 is 6.64. The Bertz CT molecular complexity index is 2680. The van der Waals surface area contributed by atoms with Crippen LogP contribution in [0.3, 0.4) is 0 Å². The van der Waals surface area contributed by atoms with E-state index in [9.17, 15) is 14.4 Å². The van der Waals surface area contributed by atoms with Gasteiger partial charge in [0.2, 0.25) is 23.5 Å². The summed E-state index contributed by atoms with van der Waals surface area (Å²) < 4.78 is 39.1. The minimum absolute atomic E-state index is 0.104. The molecule has 15 nitrogen and oxygen atoms in total. The number of nitrogens with zero attached hydrogens (tertiary/aromatic N) is 8. The quantitative estimate of drug-likeness (QED) is 0.183. The fourth-order valence-corrected chi connectivity index (χ4v) is 10.5. The number of amides is 2. The van der Waals surface area contributed by atoms with E-state index >= 15 is 8.78 Å². The lowest BCUT2D eigenvalue weighted by Gasteiger charge is -2.37. The van der Waals surface area contributed by atoms with Crippen LogP contribution in [-0.4, -0.2) is 105 Å². The molecule has 4 atom stereocenters. The number of nitrogens with one attached hydrogen (secondary N) is 3. The van der Waals surface area contributed by atoms with Crippen molar-refractivity contribution in [1.29, 1.82) is 0 Å². The second kappa shape index (κ2) is 14.3. The maximum absolute atomic E-state index is 15.2. The summed E-state index contributed by atoms with van der Waals surface area (Å²) in [5, 5.41) is 15.5. The number of aryl methyl sites for hydroxylation is 2. The molecule has 3 aromatic heterocycles. The zero-order valence-electron chi connectivity index (χ0n) is 33.8. The van der Waals surface area contributed by atoms with Crippen molar-refractivity contribution in [2.45, 2.75) is 43.6 Å². The first kappa shape index (κ1) is 38.4. The van der Waals surface area contributed by atoms with Gasteiger partial charge in [0.1, 0.15) is 5.02 Å². The van der Waals surface area contributed by atoms with Crippen molar-refractivity contribution in [3.63, 3.8) is 0 Å². The molecule has 5 aromatic rings. The highest BCUT2D eigenvalue weighted by molar-refractivity contribution is 6.33. The number of fused-ring (bicyclic) bond motifs is 5. The van der Waals surface area contributed by atoms with Crippen LogP contribution in [0.5, 0.6) is 5.75 Å². The van der Waals surface area contributed by atoms with E-state index in [1.165, 1.54) is 4.57 Å². The molecule has 2 aromatic carbocycles. The Hall–Kier alpha value is -5.55. The number of alkyl halides is 2. The van der Waals surface area contributed by atoms with Crippen LogP contribution in [0.15, 0.2) is 47.4 Å². The van der Waals surface area contributed by atoms with Crippen LogP contribution in [0.1, 0.15) is 37.3 Å². The summed E-state index contributed by atoms with van der Waals surface area (Å²) in [5.74, 6) is -1.59. The molecule has 2 aliphatic carbocycles. The molecule has 3 saturated heterocycles. The van der Waals surface area contributed by atoms with Gasteiger partial charge >= 0.3 is 5.92 Å². The topological polar surface area (TPSA) is 155 Å². The molecule has 4 unspecified atom stereocenters. The number of benzene rings is 2. The number of ether oxygens (including phenoxy) is 1. The van der Waals surface area contributed by atoms with E-state index in [0.29, 0.717) is 76.8 Å². The highest BCUT2D eigenvalue weighted by Crippen LogP contribution is 2.53. The third-order valence-corrected chi connectivity index (χ3v) is 14.2. The molecular weight excluding hydrogens is 808 g/mol. The number of pyridine rings is 1. The molecule has 5 fully saturated rings. The fourth-order valence-electron chi connectivity index (χ4n) is 10.4. The number of rotatable bonds is 8. The molecule has 2 saturated carbocycles. The largest absolute Gasteiger partial charge is 0.480 e. The van der Waals surface area contributed by atoms with Gasteiger partial charge in [0, 0.05) is 82.8 Å². The number of piperidine rings is 2. The first-order chi connectivity index (χ1) is 29.4. The van der Waals surface area contributed by atoms with Gasteiger partial charge in [0.25, 0.3) is 5.56 Å². The number of halogens is 3. The van der Waals surface area contributed by atoms with Crippen molar-refractivity contribution >= 4 is 74.0 Å². The average molecular weight is 854 g/mol. The van der Waals surface area contributed by atoms with E-state index < -0.39 is 30.0 Å². The summed E-state index contributed by atoms with van der Waals surface area (Å²) in [6.07, 6.45) is 3.79. The molecule has 2 amide bonds. The number of carbonyl (C=O) groups excluding carboxylic acids is 2. The Balaban J connectivity index is 0.735. The summed E-state index contributed by atoms with van der Waals surface area (Å²) in [6.45, 7) is 5.61. The predicted molar refractivity (Wildman–Crippen MR) is 227 cm³/mol. The van der Waals surface area contributed by atoms with E-state index in [4.69, 9.17) is 26.4 Å². The lowest BCUT2D eigenvalue weighted by atomic mass is 9.92. The number of aromatic nitrogens is 5. The van der Waals surface area contributed by atoms with Crippen molar-refractivity contribution < 1.29 is 23.1 Å². The third kappa shape index (κ3) is 6.62. The number of para-hydroxylation sites is 1. The van der Waals surface area contributed by atoms with Crippen LogP contribution in [0, 0.1) is 23.7 Å². The standard InChI is InChI=1S/C43H46ClF2N11O4/c1-53-31-10-8-23(16-26(31)35-37(41(53)60)61-21-43(45,46)38(50-35)22-6-7-22)48-39-30(44)17-47-42(51-39)57-19-28-27(29(28)20-57)18-55-12-14-56(15-13-55)32-5-3-4-24-34(52-54(2)36(24)32)25-9-11-33(58)49-40(25)59/h3-5,8,10,16-17,22,25,27-29,38,50H,6-7,9,11-15,18-21H2,1-2H3,(H,47,48,51)(H,49,58,59). The SMILES string of the molecule is Cn1nc(C2CCC(=O)NC2=O)c2cccc(N3CCN(CC4C5CN(c6ncc(Cl)c(Nc7ccc8c(c7)c7c(c(=O)n8C)OCC(F)(F)C(C8CC8)N7)n6)CC45)CC3)c21. The van der Waals surface area contributed by atoms with Gasteiger partial charge in [-0.3, -0.25) is 29.3 Å². The maximum Gasteiger partial charge on any atom is 0.301 e. The zero-order chi connectivity index (χ0) is 41.9. The van der Waals surface area contributed by atoms with Gasteiger partial charge < -0.3 is 29.7 Å². The van der Waals surface area contributed by atoms with Crippen LogP contribution in [-0.2, 0) is 23.7 Å². The van der Waals surface area contributed by atoms with Gasteiger partial charge in [0.15, 0.2) is 12.4 Å². The van der Waals surface area contributed by atoms with Gasteiger partial charge in [-0.25, -0.2) is 13.8 Å². The highest BCUT2D eigenvalue weighted by atomic mass is 35.5. The Labute approximate surface area is 354 Å². The Morgan fingerprint density at radius 2 is 1.77 bits per heavy atom. The minimum atomic E-state index is -3.13. The number of imide groups is 1. The van der Waals surface area contributed by atoms with E-state index in [0.717, 1.165) is 68.1 Å². The molecule has 18 heteroatoms. The average Bonchev–Trinajstić information content (AvgIpc) is 4.13. The number of hydrogen-bond donors (Lipinski definition) is 3. The normalized spacial score (nSPS) is 26.1. The summed E-state index contributed by atoms with van der Waals surface area (Å²) in [7, 11) is 3.53. The van der Waals surface area contributed by atoms with Crippen LogP contribution in [0.4, 0.5) is 37.6 Å². The van der Waals surface area contributed by atoms with E-state index in [2.05, 4.69) is 41.7 Å². The molecule has 318 valence electrons. The molecular formula is C43H46ClF2N11O4. The van der Waals surface area contributed by atoms with Crippen LogP contribution in [0.25, 0.3) is 21.8 Å². The van der Waals surface area contributed by atoms with Crippen molar-refractivity contribution in [3.05, 3.63) is 63.7 Å². The molecule has 7 heterocycles.